The normalized spacial score (nSPS) is 15.3. The van der Waals surface area contributed by atoms with Crippen molar-refractivity contribution in [2.24, 2.45) is 4.99 Å². The Morgan fingerprint density at radius 2 is 1.43 bits per heavy atom. The fraction of sp³-hybridized carbons (Fsp3) is 0.148. The molecule has 1 aromatic heterocycles. The van der Waals surface area contributed by atoms with Crippen LogP contribution in [-0.2, 0) is 13.0 Å². The van der Waals surface area contributed by atoms with Crippen LogP contribution in [0.15, 0.2) is 77.8 Å². The molecule has 0 spiro atoms. The highest BCUT2D eigenvalue weighted by Gasteiger charge is 2.39. The van der Waals surface area contributed by atoms with Crippen molar-refractivity contribution in [3.63, 3.8) is 0 Å². The van der Waals surface area contributed by atoms with Crippen molar-refractivity contribution in [1.29, 1.82) is 0 Å². The number of aromatic nitrogens is 3. The first kappa shape index (κ1) is 21.4. The quantitative estimate of drug-likeness (QED) is 0.402. The summed E-state index contributed by atoms with van der Waals surface area (Å²) in [6, 6.07) is 22.1. The SMILES string of the molecule is CC(Cc1nnc2n1-c1ccccc1C(c1ccccc1Cl)=NC2)N1C(=O)c2ccccc2C1=O. The number of hydrogen-bond acceptors (Lipinski definition) is 5. The monoisotopic (exact) mass is 481 g/mol. The molecule has 2 aliphatic rings. The van der Waals surface area contributed by atoms with Gasteiger partial charge >= 0.3 is 0 Å². The predicted molar refractivity (Wildman–Crippen MR) is 132 cm³/mol. The number of para-hydroxylation sites is 1. The van der Waals surface area contributed by atoms with E-state index in [1.807, 2.05) is 60.0 Å². The summed E-state index contributed by atoms with van der Waals surface area (Å²) in [5, 5.41) is 9.46. The summed E-state index contributed by atoms with van der Waals surface area (Å²) in [5.74, 6) is 0.785. The van der Waals surface area contributed by atoms with Gasteiger partial charge in [0.15, 0.2) is 5.82 Å². The van der Waals surface area contributed by atoms with Gasteiger partial charge in [0.2, 0.25) is 0 Å². The van der Waals surface area contributed by atoms with Crippen molar-refractivity contribution in [2.45, 2.75) is 25.9 Å². The Balaban J connectivity index is 1.38. The molecular weight excluding hydrogens is 462 g/mol. The van der Waals surface area contributed by atoms with Gasteiger partial charge in [-0.3, -0.25) is 24.0 Å². The number of nitrogens with zero attached hydrogens (tertiary/aromatic N) is 5. The van der Waals surface area contributed by atoms with Gasteiger partial charge in [-0.15, -0.1) is 10.2 Å². The van der Waals surface area contributed by atoms with Crippen LogP contribution in [0.3, 0.4) is 0 Å². The molecule has 0 aliphatic carbocycles. The van der Waals surface area contributed by atoms with Crippen LogP contribution in [0.25, 0.3) is 5.69 Å². The Bertz CT molecular complexity index is 1510. The van der Waals surface area contributed by atoms with Crippen molar-refractivity contribution in [3.8, 4) is 5.69 Å². The van der Waals surface area contributed by atoms with Gasteiger partial charge in [0.05, 0.1) is 22.5 Å². The van der Waals surface area contributed by atoms with E-state index in [-0.39, 0.29) is 11.8 Å². The summed E-state index contributed by atoms with van der Waals surface area (Å²) >= 11 is 6.52. The molecule has 2 aliphatic heterocycles. The second-order valence-electron chi connectivity index (χ2n) is 8.61. The third-order valence-electron chi connectivity index (χ3n) is 6.45. The molecule has 0 bridgehead atoms. The Morgan fingerprint density at radius 3 is 2.11 bits per heavy atom. The van der Waals surface area contributed by atoms with E-state index in [2.05, 4.69) is 10.2 Å². The number of imide groups is 1. The summed E-state index contributed by atoms with van der Waals surface area (Å²) in [6.07, 6.45) is 0.355. The molecule has 3 heterocycles. The molecule has 8 heteroatoms. The number of carbonyl (C=O) groups excluding carboxylic acids is 2. The fourth-order valence-electron chi connectivity index (χ4n) is 4.82. The first-order valence-electron chi connectivity index (χ1n) is 11.3. The van der Waals surface area contributed by atoms with E-state index >= 15 is 0 Å². The molecule has 3 aromatic carbocycles. The summed E-state index contributed by atoms with van der Waals surface area (Å²) in [4.78, 5) is 32.1. The molecule has 1 atom stereocenters. The minimum absolute atomic E-state index is 0.279. The zero-order valence-corrected chi connectivity index (χ0v) is 19.6. The van der Waals surface area contributed by atoms with Gasteiger partial charge < -0.3 is 0 Å². The maximum absolute atomic E-state index is 13.0. The lowest BCUT2D eigenvalue weighted by Gasteiger charge is -2.22. The summed E-state index contributed by atoms with van der Waals surface area (Å²) < 4.78 is 1.98. The molecular formula is C27H20ClN5O2. The van der Waals surface area contributed by atoms with E-state index < -0.39 is 6.04 Å². The summed E-state index contributed by atoms with van der Waals surface area (Å²) in [5.41, 5.74) is 4.31. The van der Waals surface area contributed by atoms with Crippen molar-refractivity contribution in [2.75, 3.05) is 0 Å². The van der Waals surface area contributed by atoms with E-state index in [1.54, 1.807) is 24.3 Å². The Kier molecular flexibility index (Phi) is 5.07. The van der Waals surface area contributed by atoms with Gasteiger partial charge in [-0.25, -0.2) is 0 Å². The van der Waals surface area contributed by atoms with Crippen LogP contribution in [0.1, 0.15) is 50.4 Å². The second-order valence-corrected chi connectivity index (χ2v) is 9.02. The van der Waals surface area contributed by atoms with Gasteiger partial charge in [0, 0.05) is 28.6 Å². The fourth-order valence-corrected chi connectivity index (χ4v) is 5.04. The number of aliphatic imine (C=N–C) groups is 1. The maximum atomic E-state index is 13.0. The van der Waals surface area contributed by atoms with Crippen molar-refractivity contribution >= 4 is 29.1 Å². The van der Waals surface area contributed by atoms with Crippen LogP contribution in [0.5, 0.6) is 0 Å². The van der Waals surface area contributed by atoms with Gasteiger partial charge in [-0.1, -0.05) is 60.1 Å². The number of amides is 2. The third kappa shape index (κ3) is 3.39. The maximum Gasteiger partial charge on any atom is 0.261 e. The zero-order chi connectivity index (χ0) is 24.1. The number of halogens is 1. The standard InChI is InChI=1S/C27H20ClN5O2/c1-16(32-26(34)17-8-2-3-9-18(17)27(32)35)14-23-30-31-24-15-29-25(19-10-4-6-12-21(19)28)20-11-5-7-13-22(20)33(23)24/h2-13,16H,14-15H2,1H3. The minimum atomic E-state index is -0.407. The number of rotatable bonds is 4. The molecule has 0 fully saturated rings. The molecule has 172 valence electrons. The van der Waals surface area contributed by atoms with Crippen molar-refractivity contribution in [3.05, 3.63) is 112 Å². The zero-order valence-electron chi connectivity index (χ0n) is 18.9. The van der Waals surface area contributed by atoms with Crippen LogP contribution in [0.4, 0.5) is 0 Å². The lowest BCUT2D eigenvalue weighted by atomic mass is 10.0. The predicted octanol–water partition coefficient (Wildman–Crippen LogP) is 4.50. The Morgan fingerprint density at radius 1 is 0.829 bits per heavy atom. The first-order chi connectivity index (χ1) is 17.0. The van der Waals surface area contributed by atoms with E-state index in [0.29, 0.717) is 40.8 Å². The second kappa shape index (κ2) is 8.29. The molecule has 6 rings (SSSR count). The third-order valence-corrected chi connectivity index (χ3v) is 6.78. The van der Waals surface area contributed by atoms with E-state index in [0.717, 1.165) is 22.5 Å². The highest BCUT2D eigenvalue weighted by atomic mass is 35.5. The highest BCUT2D eigenvalue weighted by molar-refractivity contribution is 6.35. The molecule has 35 heavy (non-hydrogen) atoms. The van der Waals surface area contributed by atoms with Gasteiger partial charge in [0.1, 0.15) is 12.4 Å². The van der Waals surface area contributed by atoms with Crippen LogP contribution in [-0.4, -0.2) is 43.2 Å². The first-order valence-corrected chi connectivity index (χ1v) is 11.7. The molecule has 7 nitrogen and oxygen atoms in total. The smallest absolute Gasteiger partial charge is 0.261 e. The average molecular weight is 482 g/mol. The number of benzene rings is 3. The molecule has 0 saturated carbocycles. The summed E-state index contributed by atoms with van der Waals surface area (Å²) in [6.45, 7) is 2.18. The molecule has 0 saturated heterocycles. The molecule has 4 aromatic rings. The molecule has 0 radical (unpaired) electrons. The molecule has 2 amide bonds. The van der Waals surface area contributed by atoms with E-state index in [4.69, 9.17) is 16.6 Å². The topological polar surface area (TPSA) is 80.5 Å². The Labute approximate surface area is 206 Å². The van der Waals surface area contributed by atoms with Crippen molar-refractivity contribution in [1.82, 2.24) is 19.7 Å². The number of carbonyl (C=O) groups is 2. The van der Waals surface area contributed by atoms with Crippen molar-refractivity contribution < 1.29 is 9.59 Å². The van der Waals surface area contributed by atoms with Crippen LogP contribution in [0, 0.1) is 0 Å². The molecule has 0 N–H and O–H groups in total. The Hall–Kier alpha value is -4.10. The average Bonchev–Trinajstić information content (AvgIpc) is 3.32. The van der Waals surface area contributed by atoms with Crippen LogP contribution >= 0.6 is 11.6 Å². The highest BCUT2D eigenvalue weighted by Crippen LogP contribution is 2.30. The molecule has 1 unspecified atom stereocenters. The van der Waals surface area contributed by atoms with E-state index in [1.165, 1.54) is 4.90 Å². The lowest BCUT2D eigenvalue weighted by molar-refractivity contribution is 0.0595. The van der Waals surface area contributed by atoms with Gasteiger partial charge in [0.25, 0.3) is 11.8 Å². The van der Waals surface area contributed by atoms with Crippen LogP contribution in [0.2, 0.25) is 5.02 Å². The minimum Gasteiger partial charge on any atom is -0.281 e. The number of fused-ring (bicyclic) bond motifs is 4. The van der Waals surface area contributed by atoms with Crippen LogP contribution < -0.4 is 0 Å². The van der Waals surface area contributed by atoms with E-state index in [9.17, 15) is 9.59 Å². The van der Waals surface area contributed by atoms with Gasteiger partial charge in [-0.05, 0) is 31.2 Å². The number of hydrogen-bond donors (Lipinski definition) is 0. The summed E-state index contributed by atoms with van der Waals surface area (Å²) in [7, 11) is 0. The lowest BCUT2D eigenvalue weighted by Crippen LogP contribution is -2.39. The van der Waals surface area contributed by atoms with Gasteiger partial charge in [-0.2, -0.15) is 0 Å². The largest absolute Gasteiger partial charge is 0.281 e.